The Morgan fingerprint density at radius 3 is 2.58 bits per heavy atom. The molecule has 1 aliphatic heterocycles. The van der Waals surface area contributed by atoms with Gasteiger partial charge in [0.1, 0.15) is 0 Å². The molecule has 2 N–H and O–H groups in total. The van der Waals surface area contributed by atoms with Gasteiger partial charge in [-0.15, -0.1) is 24.8 Å². The van der Waals surface area contributed by atoms with Gasteiger partial charge in [-0.05, 0) is 18.7 Å². The summed E-state index contributed by atoms with van der Waals surface area (Å²) < 4.78 is 5.42. The summed E-state index contributed by atoms with van der Waals surface area (Å²) in [7, 11) is 1.84. The molecule has 0 aliphatic carbocycles. The minimum Gasteiger partial charge on any atom is -0.379 e. The molecule has 1 fully saturated rings. The number of morpholine rings is 1. The van der Waals surface area contributed by atoms with Crippen LogP contribution in [0.15, 0.2) is 24.3 Å². The molecule has 1 aromatic carbocycles. The van der Waals surface area contributed by atoms with Crippen LogP contribution in [0.2, 0.25) is 5.02 Å². The number of nitrogens with one attached hydrogen (secondary N) is 2. The molecule has 0 spiro atoms. The van der Waals surface area contributed by atoms with Crippen molar-refractivity contribution >= 4 is 42.3 Å². The molecule has 0 radical (unpaired) electrons. The molecule has 0 bridgehead atoms. The van der Waals surface area contributed by atoms with Gasteiger partial charge in [-0.25, -0.2) is 0 Å². The van der Waals surface area contributed by atoms with E-state index in [-0.39, 0.29) is 36.8 Å². The summed E-state index contributed by atoms with van der Waals surface area (Å²) in [6.45, 7) is 4.38. The van der Waals surface area contributed by atoms with E-state index in [1.54, 1.807) is 0 Å². The van der Waals surface area contributed by atoms with E-state index >= 15 is 0 Å². The van der Waals surface area contributed by atoms with Gasteiger partial charge in [0.25, 0.3) is 0 Å². The van der Waals surface area contributed by atoms with Crippen LogP contribution in [0.5, 0.6) is 0 Å². The predicted molar refractivity (Wildman–Crippen MR) is 103 cm³/mol. The molecule has 1 heterocycles. The molecule has 1 amide bonds. The highest BCUT2D eigenvalue weighted by Crippen LogP contribution is 2.27. The van der Waals surface area contributed by atoms with E-state index in [9.17, 15) is 4.79 Å². The lowest BCUT2D eigenvalue weighted by molar-refractivity contribution is -0.121. The van der Waals surface area contributed by atoms with Crippen LogP contribution in [0.25, 0.3) is 0 Å². The van der Waals surface area contributed by atoms with Gasteiger partial charge in [0.15, 0.2) is 0 Å². The summed E-state index contributed by atoms with van der Waals surface area (Å²) >= 11 is 6.36. The van der Waals surface area contributed by atoms with Crippen LogP contribution in [0.4, 0.5) is 0 Å². The Morgan fingerprint density at radius 1 is 1.29 bits per heavy atom. The first-order valence-electron chi connectivity index (χ1n) is 7.70. The molecule has 1 aromatic rings. The highest BCUT2D eigenvalue weighted by atomic mass is 35.5. The van der Waals surface area contributed by atoms with Crippen molar-refractivity contribution in [3.63, 3.8) is 0 Å². The number of ether oxygens (including phenoxy) is 1. The molecule has 138 valence electrons. The highest BCUT2D eigenvalue weighted by Gasteiger charge is 2.24. The summed E-state index contributed by atoms with van der Waals surface area (Å²) in [5, 5.41) is 6.74. The van der Waals surface area contributed by atoms with Gasteiger partial charge in [0.2, 0.25) is 5.91 Å². The van der Waals surface area contributed by atoms with Gasteiger partial charge >= 0.3 is 0 Å². The zero-order chi connectivity index (χ0) is 15.8. The number of hydrogen-bond donors (Lipinski definition) is 2. The Kier molecular flexibility index (Phi) is 12.5. The monoisotopic (exact) mass is 397 g/mol. The quantitative estimate of drug-likeness (QED) is 0.740. The molecule has 24 heavy (non-hydrogen) atoms. The number of carbonyl (C=O) groups excluding carboxylic acids is 1. The minimum atomic E-state index is 0. The third-order valence-corrected chi connectivity index (χ3v) is 4.19. The maximum Gasteiger partial charge on any atom is 0.221 e. The van der Waals surface area contributed by atoms with Gasteiger partial charge in [-0.2, -0.15) is 0 Å². The first kappa shape index (κ1) is 23.4. The molecule has 0 aromatic heterocycles. The second kappa shape index (κ2) is 12.8. The summed E-state index contributed by atoms with van der Waals surface area (Å²) in [6, 6.07) is 7.91. The van der Waals surface area contributed by atoms with Crippen molar-refractivity contribution in [2.24, 2.45) is 0 Å². The van der Waals surface area contributed by atoms with E-state index in [2.05, 4.69) is 15.5 Å². The van der Waals surface area contributed by atoms with Crippen molar-refractivity contribution in [3.8, 4) is 0 Å². The fraction of sp³-hybridized carbons (Fsp3) is 0.562. The van der Waals surface area contributed by atoms with E-state index in [1.807, 2.05) is 31.3 Å². The zero-order valence-electron chi connectivity index (χ0n) is 13.8. The number of carbonyl (C=O) groups is 1. The van der Waals surface area contributed by atoms with E-state index in [4.69, 9.17) is 16.3 Å². The standard InChI is InChI=1S/C16H24ClN3O2.2ClH/c1-18-7-6-16(21)19-12-15(20-8-10-22-11-9-20)13-4-2-3-5-14(13)17;;/h2-5,15,18H,6-12H2,1H3,(H,19,21);2*1H. The van der Waals surface area contributed by atoms with Crippen LogP contribution in [0, 0.1) is 0 Å². The van der Waals surface area contributed by atoms with Gasteiger partial charge < -0.3 is 15.4 Å². The van der Waals surface area contributed by atoms with Gasteiger partial charge in [0.05, 0.1) is 19.3 Å². The Hall–Kier alpha value is -0.560. The summed E-state index contributed by atoms with van der Waals surface area (Å²) in [5.41, 5.74) is 1.06. The lowest BCUT2D eigenvalue weighted by Gasteiger charge is -2.35. The average Bonchev–Trinajstić information content (AvgIpc) is 2.55. The lowest BCUT2D eigenvalue weighted by atomic mass is 10.0. The maximum atomic E-state index is 11.9. The number of nitrogens with zero attached hydrogens (tertiary/aromatic N) is 1. The van der Waals surface area contributed by atoms with Crippen molar-refractivity contribution in [2.75, 3.05) is 46.4 Å². The number of rotatable bonds is 7. The molecule has 1 atom stereocenters. The van der Waals surface area contributed by atoms with E-state index in [0.29, 0.717) is 32.7 Å². The van der Waals surface area contributed by atoms with Crippen molar-refractivity contribution < 1.29 is 9.53 Å². The SMILES string of the molecule is CNCCC(=O)NCC(c1ccccc1Cl)N1CCOCC1.Cl.Cl. The first-order chi connectivity index (χ1) is 10.7. The first-order valence-corrected chi connectivity index (χ1v) is 8.07. The van der Waals surface area contributed by atoms with Crippen molar-refractivity contribution in [2.45, 2.75) is 12.5 Å². The third-order valence-electron chi connectivity index (χ3n) is 3.85. The second-order valence-electron chi connectivity index (χ2n) is 5.34. The maximum absolute atomic E-state index is 11.9. The highest BCUT2D eigenvalue weighted by molar-refractivity contribution is 6.31. The molecule has 2 rings (SSSR count). The average molecular weight is 399 g/mol. The molecule has 0 saturated carbocycles. The van der Waals surface area contributed by atoms with Crippen LogP contribution in [-0.2, 0) is 9.53 Å². The minimum absolute atomic E-state index is 0. The molecule has 5 nitrogen and oxygen atoms in total. The number of hydrogen-bond acceptors (Lipinski definition) is 4. The van der Waals surface area contributed by atoms with Gasteiger partial charge in [-0.1, -0.05) is 29.8 Å². The lowest BCUT2D eigenvalue weighted by Crippen LogP contribution is -2.44. The molecule has 1 aliphatic rings. The Labute approximate surface area is 161 Å². The predicted octanol–water partition coefficient (Wildman–Crippen LogP) is 2.28. The molecule has 1 saturated heterocycles. The van der Waals surface area contributed by atoms with E-state index < -0.39 is 0 Å². The molecule has 8 heteroatoms. The van der Waals surface area contributed by atoms with Crippen LogP contribution in [0.3, 0.4) is 0 Å². The van der Waals surface area contributed by atoms with Crippen molar-refractivity contribution in [3.05, 3.63) is 34.9 Å². The summed E-state index contributed by atoms with van der Waals surface area (Å²) in [6.07, 6.45) is 0.481. The fourth-order valence-electron chi connectivity index (χ4n) is 2.61. The smallest absolute Gasteiger partial charge is 0.221 e. The Morgan fingerprint density at radius 2 is 1.96 bits per heavy atom. The molecular formula is C16H26Cl3N3O2. The zero-order valence-corrected chi connectivity index (χ0v) is 16.2. The van der Waals surface area contributed by atoms with Gasteiger partial charge in [0, 0.05) is 37.6 Å². The molecular weight excluding hydrogens is 373 g/mol. The van der Waals surface area contributed by atoms with Crippen LogP contribution < -0.4 is 10.6 Å². The summed E-state index contributed by atoms with van der Waals surface area (Å²) in [5.74, 6) is 0.0552. The second-order valence-corrected chi connectivity index (χ2v) is 5.75. The van der Waals surface area contributed by atoms with Crippen molar-refractivity contribution in [1.29, 1.82) is 0 Å². The Balaban J connectivity index is 0.00000264. The van der Waals surface area contributed by atoms with Crippen LogP contribution in [0.1, 0.15) is 18.0 Å². The van der Waals surface area contributed by atoms with Crippen molar-refractivity contribution in [1.82, 2.24) is 15.5 Å². The third kappa shape index (κ3) is 7.13. The Bertz CT molecular complexity index is 485. The number of amides is 1. The molecule has 1 unspecified atom stereocenters. The van der Waals surface area contributed by atoms with E-state index in [1.165, 1.54) is 0 Å². The summed E-state index contributed by atoms with van der Waals surface area (Å²) in [4.78, 5) is 14.2. The largest absolute Gasteiger partial charge is 0.379 e. The van der Waals surface area contributed by atoms with Gasteiger partial charge in [-0.3, -0.25) is 9.69 Å². The number of halogens is 3. The normalized spacial score (nSPS) is 15.8. The van der Waals surface area contributed by atoms with E-state index in [0.717, 1.165) is 23.7 Å². The number of benzene rings is 1. The van der Waals surface area contributed by atoms with Crippen LogP contribution in [-0.4, -0.2) is 57.2 Å². The van der Waals surface area contributed by atoms with Crippen LogP contribution >= 0.6 is 36.4 Å². The fourth-order valence-corrected chi connectivity index (χ4v) is 2.87. The topological polar surface area (TPSA) is 53.6 Å².